The second-order valence-electron chi connectivity index (χ2n) is 6.30. The minimum atomic E-state index is 0.632. The number of rotatable bonds is 2. The Labute approximate surface area is 164 Å². The van der Waals surface area contributed by atoms with Crippen molar-refractivity contribution in [3.63, 3.8) is 0 Å². The van der Waals surface area contributed by atoms with Crippen molar-refractivity contribution < 1.29 is 4.98 Å². The number of nitrogens with zero attached hydrogens (tertiary/aromatic N) is 3. The molecule has 0 aliphatic carbocycles. The van der Waals surface area contributed by atoms with Crippen molar-refractivity contribution in [1.82, 2.24) is 4.90 Å². The lowest BCUT2D eigenvalue weighted by Gasteiger charge is -2.23. The van der Waals surface area contributed by atoms with Crippen molar-refractivity contribution in [2.75, 3.05) is 36.4 Å². The van der Waals surface area contributed by atoms with Crippen LogP contribution >= 0.6 is 23.8 Å². The third-order valence-corrected chi connectivity index (χ3v) is 5.24. The van der Waals surface area contributed by atoms with Gasteiger partial charge in [0.05, 0.1) is 18.7 Å². The monoisotopic (exact) mass is 386 g/mol. The predicted octanol–water partition coefficient (Wildman–Crippen LogP) is 3.24. The summed E-state index contributed by atoms with van der Waals surface area (Å²) in [7, 11) is 0. The van der Waals surface area contributed by atoms with E-state index in [1.54, 1.807) is 6.20 Å². The standard InChI is InChI=1S/C19H20ClN5S/c1-14-3-5-16(11-17(14)20)23-19(26)25-8-2-7-24(9-10-25)18-6-4-15(12-21)13-22-18/h3-6,11,13H,2,7-10H2,1H3,(H,23,26)/p+1. The summed E-state index contributed by atoms with van der Waals surface area (Å²) in [5.41, 5.74) is 2.59. The van der Waals surface area contributed by atoms with Gasteiger partial charge in [-0.25, -0.2) is 4.98 Å². The molecule has 0 atom stereocenters. The molecule has 134 valence electrons. The number of anilines is 2. The van der Waals surface area contributed by atoms with E-state index in [9.17, 15) is 0 Å². The maximum absolute atomic E-state index is 8.91. The molecule has 26 heavy (non-hydrogen) atoms. The van der Waals surface area contributed by atoms with Crippen LogP contribution in [0.15, 0.2) is 36.5 Å². The van der Waals surface area contributed by atoms with E-state index < -0.39 is 0 Å². The highest BCUT2D eigenvalue weighted by Gasteiger charge is 2.22. The number of aryl methyl sites for hydroxylation is 1. The van der Waals surface area contributed by atoms with Crippen molar-refractivity contribution in [2.24, 2.45) is 0 Å². The molecule has 0 saturated carbocycles. The number of thiocarbonyl (C=S) groups is 1. The molecule has 0 unspecified atom stereocenters. The van der Waals surface area contributed by atoms with E-state index in [0.29, 0.717) is 5.56 Å². The Morgan fingerprint density at radius 3 is 2.77 bits per heavy atom. The molecule has 2 aromatic rings. The van der Waals surface area contributed by atoms with E-state index in [1.807, 2.05) is 37.3 Å². The number of aromatic amines is 1. The number of H-pyrrole nitrogens is 1. The number of nitrogens with one attached hydrogen (secondary N) is 2. The first-order valence-electron chi connectivity index (χ1n) is 8.55. The number of aromatic nitrogens is 1. The fourth-order valence-corrected chi connectivity index (χ4v) is 3.40. The largest absolute Gasteiger partial charge is 0.345 e. The van der Waals surface area contributed by atoms with Gasteiger partial charge in [0.1, 0.15) is 18.8 Å². The summed E-state index contributed by atoms with van der Waals surface area (Å²) >= 11 is 11.8. The molecule has 0 radical (unpaired) electrons. The van der Waals surface area contributed by atoms with Crippen LogP contribution in [0.1, 0.15) is 17.5 Å². The zero-order valence-electron chi connectivity index (χ0n) is 14.6. The van der Waals surface area contributed by atoms with Gasteiger partial charge in [0.15, 0.2) is 5.11 Å². The smallest absolute Gasteiger partial charge is 0.274 e. The van der Waals surface area contributed by atoms with Gasteiger partial charge in [-0.15, -0.1) is 0 Å². The SMILES string of the molecule is Cc1ccc(NC(=S)N2CCCN(c3ccc(C#N)c[nH+]3)CC2)cc1Cl. The van der Waals surface area contributed by atoms with Gasteiger partial charge < -0.3 is 10.2 Å². The maximum atomic E-state index is 8.91. The second-order valence-corrected chi connectivity index (χ2v) is 7.09. The highest BCUT2D eigenvalue weighted by atomic mass is 35.5. The van der Waals surface area contributed by atoms with Crippen LogP contribution in [0, 0.1) is 18.3 Å². The number of benzene rings is 1. The molecule has 0 amide bonds. The van der Waals surface area contributed by atoms with Crippen molar-refractivity contribution >= 4 is 40.4 Å². The highest BCUT2D eigenvalue weighted by Crippen LogP contribution is 2.20. The van der Waals surface area contributed by atoms with Gasteiger partial charge in [-0.05, 0) is 42.9 Å². The molecule has 2 heterocycles. The fourth-order valence-electron chi connectivity index (χ4n) is 2.92. The Morgan fingerprint density at radius 2 is 2.08 bits per heavy atom. The van der Waals surface area contributed by atoms with Crippen LogP contribution in [0.3, 0.4) is 0 Å². The van der Waals surface area contributed by atoms with Gasteiger partial charge in [0.25, 0.3) is 5.82 Å². The van der Waals surface area contributed by atoms with Crippen molar-refractivity contribution in [2.45, 2.75) is 13.3 Å². The number of pyridine rings is 1. The minimum Gasteiger partial charge on any atom is -0.345 e. The first kappa shape index (κ1) is 18.4. The molecule has 0 spiro atoms. The first-order valence-corrected chi connectivity index (χ1v) is 9.34. The second kappa shape index (κ2) is 8.35. The van der Waals surface area contributed by atoms with Gasteiger partial charge in [0, 0.05) is 29.7 Å². The summed E-state index contributed by atoms with van der Waals surface area (Å²) in [6, 6.07) is 11.8. The van der Waals surface area contributed by atoms with Crippen LogP contribution in [0.25, 0.3) is 0 Å². The van der Waals surface area contributed by atoms with Crippen LogP contribution < -0.4 is 15.2 Å². The highest BCUT2D eigenvalue weighted by molar-refractivity contribution is 7.80. The molecule has 0 bridgehead atoms. The van der Waals surface area contributed by atoms with Crippen molar-refractivity contribution in [1.29, 1.82) is 5.26 Å². The Balaban J connectivity index is 1.61. The van der Waals surface area contributed by atoms with E-state index in [-0.39, 0.29) is 0 Å². The molecular weight excluding hydrogens is 366 g/mol. The Hall–Kier alpha value is -2.36. The maximum Gasteiger partial charge on any atom is 0.274 e. The molecule has 1 aliphatic rings. The average molecular weight is 387 g/mol. The van der Waals surface area contributed by atoms with Gasteiger partial charge in [-0.2, -0.15) is 5.26 Å². The zero-order chi connectivity index (χ0) is 18.5. The Bertz CT molecular complexity index is 831. The van der Waals surface area contributed by atoms with Crippen LogP contribution in [-0.2, 0) is 0 Å². The Morgan fingerprint density at radius 1 is 1.23 bits per heavy atom. The molecule has 5 nitrogen and oxygen atoms in total. The van der Waals surface area contributed by atoms with Gasteiger partial charge >= 0.3 is 0 Å². The lowest BCUT2D eigenvalue weighted by Crippen LogP contribution is -2.38. The molecule has 3 rings (SSSR count). The third-order valence-electron chi connectivity index (χ3n) is 4.47. The zero-order valence-corrected chi connectivity index (χ0v) is 16.2. The molecule has 1 fully saturated rings. The minimum absolute atomic E-state index is 0.632. The lowest BCUT2D eigenvalue weighted by atomic mass is 10.2. The normalized spacial score (nSPS) is 14.5. The van der Waals surface area contributed by atoms with Crippen LogP contribution in [-0.4, -0.2) is 36.2 Å². The van der Waals surface area contributed by atoms with Crippen LogP contribution in [0.5, 0.6) is 0 Å². The van der Waals surface area contributed by atoms with E-state index in [2.05, 4.69) is 26.2 Å². The topological polar surface area (TPSA) is 56.4 Å². The number of halogens is 1. The predicted molar refractivity (Wildman–Crippen MR) is 109 cm³/mol. The number of hydrogen-bond acceptors (Lipinski definition) is 3. The van der Waals surface area contributed by atoms with Gasteiger partial charge in [-0.3, -0.25) is 4.90 Å². The van der Waals surface area contributed by atoms with Crippen LogP contribution in [0.2, 0.25) is 5.02 Å². The summed E-state index contributed by atoms with van der Waals surface area (Å²) < 4.78 is 0. The average Bonchev–Trinajstić information content (AvgIpc) is 2.91. The molecule has 2 N–H and O–H groups in total. The third kappa shape index (κ3) is 4.43. The summed E-state index contributed by atoms with van der Waals surface area (Å²) in [5.74, 6) is 1.02. The molecule has 1 aliphatic heterocycles. The number of hydrogen-bond donors (Lipinski definition) is 1. The number of nitriles is 1. The summed E-state index contributed by atoms with van der Waals surface area (Å²) in [5, 5.41) is 13.7. The molecule has 1 aromatic heterocycles. The summed E-state index contributed by atoms with van der Waals surface area (Å²) in [6.45, 7) is 5.52. The molecular formula is C19H21ClN5S+. The molecule has 7 heteroatoms. The van der Waals surface area contributed by atoms with Crippen molar-refractivity contribution in [3.8, 4) is 6.07 Å². The van der Waals surface area contributed by atoms with Gasteiger partial charge in [0.2, 0.25) is 0 Å². The summed E-state index contributed by atoms with van der Waals surface area (Å²) in [4.78, 5) is 7.67. The molecule has 1 aromatic carbocycles. The van der Waals surface area contributed by atoms with E-state index in [0.717, 1.165) is 59.8 Å². The first-order chi connectivity index (χ1) is 12.6. The van der Waals surface area contributed by atoms with E-state index in [4.69, 9.17) is 29.1 Å². The van der Waals surface area contributed by atoms with Gasteiger partial charge in [-0.1, -0.05) is 17.7 Å². The molecule has 1 saturated heterocycles. The van der Waals surface area contributed by atoms with Crippen molar-refractivity contribution in [3.05, 3.63) is 52.7 Å². The Kier molecular flexibility index (Phi) is 5.92. The summed E-state index contributed by atoms with van der Waals surface area (Å²) in [6.07, 6.45) is 2.75. The van der Waals surface area contributed by atoms with E-state index >= 15 is 0 Å². The van der Waals surface area contributed by atoms with Crippen LogP contribution in [0.4, 0.5) is 11.5 Å². The van der Waals surface area contributed by atoms with E-state index in [1.165, 1.54) is 0 Å². The fraction of sp³-hybridized carbons (Fsp3) is 0.316. The lowest BCUT2D eigenvalue weighted by molar-refractivity contribution is -0.364. The quantitative estimate of drug-likeness (QED) is 0.803.